The van der Waals surface area contributed by atoms with Gasteiger partial charge in [0.25, 0.3) is 0 Å². The predicted octanol–water partition coefficient (Wildman–Crippen LogP) is 3.30. The summed E-state index contributed by atoms with van der Waals surface area (Å²) in [7, 11) is -3.81. The fraction of sp³-hybridized carbons (Fsp3) is 0.571. The third kappa shape index (κ3) is 4.33. The predicted molar refractivity (Wildman–Crippen MR) is 86.6 cm³/mol. The highest BCUT2D eigenvalue weighted by Gasteiger charge is 2.27. The molecule has 0 fully saturated rings. The largest absolute Gasteiger partial charge is 0.396 e. The summed E-state index contributed by atoms with van der Waals surface area (Å²) in [5, 5.41) is 9.61. The van der Waals surface area contributed by atoms with Crippen LogP contribution in [0.1, 0.15) is 31.4 Å². The molecular formula is C14H21Cl2NO3S. The third-order valence-electron chi connectivity index (χ3n) is 3.41. The van der Waals surface area contributed by atoms with Crippen molar-refractivity contribution in [3.05, 3.63) is 27.2 Å². The van der Waals surface area contributed by atoms with E-state index in [9.17, 15) is 8.42 Å². The molecule has 0 spiro atoms. The maximum Gasteiger partial charge on any atom is 0.242 e. The lowest BCUT2D eigenvalue weighted by Crippen LogP contribution is -2.39. The Hall–Kier alpha value is -0.330. The minimum absolute atomic E-state index is 0.0118. The Bertz CT molecular complexity index is 589. The van der Waals surface area contributed by atoms with E-state index in [0.29, 0.717) is 22.6 Å². The first kappa shape index (κ1) is 18.7. The average molecular weight is 354 g/mol. The summed E-state index contributed by atoms with van der Waals surface area (Å²) in [6.07, 6.45) is 0.340. The molecule has 1 atom stereocenters. The maximum atomic E-state index is 12.6. The van der Waals surface area contributed by atoms with Gasteiger partial charge >= 0.3 is 0 Å². The van der Waals surface area contributed by atoms with E-state index in [1.165, 1.54) is 0 Å². The zero-order chi connectivity index (χ0) is 16.4. The van der Waals surface area contributed by atoms with Gasteiger partial charge in [-0.15, -0.1) is 0 Å². The lowest BCUT2D eigenvalue weighted by atomic mass is 10.0. The van der Waals surface area contributed by atoms with Crippen molar-refractivity contribution in [3.63, 3.8) is 0 Å². The summed E-state index contributed by atoms with van der Waals surface area (Å²) in [4.78, 5) is 0.0118. The van der Waals surface area contributed by atoms with Crippen LogP contribution in [0.2, 0.25) is 10.0 Å². The quantitative estimate of drug-likeness (QED) is 0.824. The zero-order valence-electron chi connectivity index (χ0n) is 12.6. The Morgan fingerprint density at radius 3 is 2.33 bits per heavy atom. The van der Waals surface area contributed by atoms with E-state index >= 15 is 0 Å². The molecule has 0 amide bonds. The van der Waals surface area contributed by atoms with E-state index in [2.05, 4.69) is 4.72 Å². The molecule has 0 aliphatic rings. The van der Waals surface area contributed by atoms with E-state index in [4.69, 9.17) is 28.3 Å². The first-order valence-corrected chi connectivity index (χ1v) is 8.94. The Morgan fingerprint density at radius 2 is 1.86 bits per heavy atom. The summed E-state index contributed by atoms with van der Waals surface area (Å²) >= 11 is 12.2. The standard InChI is InChI=1S/C14H21Cl2NO3S/c1-8(2)12(5-6-18)17-21(19,20)14-10(4)11(15)7-9(3)13(14)16/h7-8,12,17-18H,5-6H2,1-4H3. The molecule has 1 rings (SSSR count). The molecule has 21 heavy (non-hydrogen) atoms. The summed E-state index contributed by atoms with van der Waals surface area (Å²) in [6, 6.07) is 1.28. The fourth-order valence-corrected chi connectivity index (χ4v) is 4.69. The van der Waals surface area contributed by atoms with Crippen LogP contribution in [0, 0.1) is 19.8 Å². The fourth-order valence-electron chi connectivity index (χ4n) is 2.06. The van der Waals surface area contributed by atoms with Crippen molar-refractivity contribution in [2.24, 2.45) is 5.92 Å². The van der Waals surface area contributed by atoms with Crippen LogP contribution >= 0.6 is 23.2 Å². The Kier molecular flexibility index (Phi) is 6.50. The minimum atomic E-state index is -3.81. The van der Waals surface area contributed by atoms with Crippen LogP contribution in [-0.4, -0.2) is 26.2 Å². The van der Waals surface area contributed by atoms with E-state index in [-0.39, 0.29) is 28.5 Å². The van der Waals surface area contributed by atoms with Crippen LogP contribution in [0.4, 0.5) is 0 Å². The van der Waals surface area contributed by atoms with Gasteiger partial charge in [-0.25, -0.2) is 13.1 Å². The molecule has 1 aromatic carbocycles. The van der Waals surface area contributed by atoms with Crippen LogP contribution in [0.25, 0.3) is 0 Å². The molecule has 1 unspecified atom stereocenters. The highest BCUT2D eigenvalue weighted by molar-refractivity contribution is 7.89. The number of nitrogens with one attached hydrogen (secondary N) is 1. The van der Waals surface area contributed by atoms with Crippen molar-refractivity contribution >= 4 is 33.2 Å². The molecule has 0 radical (unpaired) electrons. The van der Waals surface area contributed by atoms with Gasteiger partial charge in [0.05, 0.1) is 5.02 Å². The third-order valence-corrected chi connectivity index (χ3v) is 6.06. The Labute approximate surface area is 136 Å². The molecule has 120 valence electrons. The highest BCUT2D eigenvalue weighted by atomic mass is 35.5. The van der Waals surface area contributed by atoms with Gasteiger partial charge < -0.3 is 5.11 Å². The van der Waals surface area contributed by atoms with Gasteiger partial charge in [-0.05, 0) is 43.4 Å². The zero-order valence-corrected chi connectivity index (χ0v) is 14.9. The van der Waals surface area contributed by atoms with E-state index < -0.39 is 10.0 Å². The van der Waals surface area contributed by atoms with Crippen molar-refractivity contribution in [2.75, 3.05) is 6.61 Å². The summed E-state index contributed by atoms with van der Waals surface area (Å²) < 4.78 is 27.9. The minimum Gasteiger partial charge on any atom is -0.396 e. The van der Waals surface area contributed by atoms with Crippen LogP contribution in [0.5, 0.6) is 0 Å². The maximum absolute atomic E-state index is 12.6. The SMILES string of the molecule is Cc1cc(Cl)c(C)c(S(=O)(=O)NC(CCO)C(C)C)c1Cl. The molecule has 0 saturated heterocycles. The molecule has 0 aromatic heterocycles. The Morgan fingerprint density at radius 1 is 1.29 bits per heavy atom. The van der Waals surface area contributed by atoms with Gasteiger partial charge in [-0.1, -0.05) is 37.0 Å². The molecule has 0 heterocycles. The number of aliphatic hydroxyl groups excluding tert-OH is 1. The van der Waals surface area contributed by atoms with Crippen molar-refractivity contribution in [2.45, 2.75) is 45.1 Å². The van der Waals surface area contributed by atoms with E-state index in [1.807, 2.05) is 13.8 Å². The van der Waals surface area contributed by atoms with Crippen LogP contribution in [0.15, 0.2) is 11.0 Å². The van der Waals surface area contributed by atoms with Gasteiger partial charge in [-0.3, -0.25) is 0 Å². The van der Waals surface area contributed by atoms with Crippen LogP contribution in [0.3, 0.4) is 0 Å². The van der Waals surface area contributed by atoms with Gasteiger partial charge in [0.1, 0.15) is 4.90 Å². The normalized spacial score (nSPS) is 13.7. The number of aliphatic hydroxyl groups is 1. The highest BCUT2D eigenvalue weighted by Crippen LogP contribution is 2.33. The molecule has 0 saturated carbocycles. The summed E-state index contributed by atoms with van der Waals surface area (Å²) in [5.41, 5.74) is 1.03. The lowest BCUT2D eigenvalue weighted by Gasteiger charge is -2.23. The molecule has 0 bridgehead atoms. The molecule has 0 aliphatic heterocycles. The van der Waals surface area contributed by atoms with Crippen LogP contribution < -0.4 is 4.72 Å². The van der Waals surface area contributed by atoms with Crippen molar-refractivity contribution in [1.29, 1.82) is 0 Å². The smallest absolute Gasteiger partial charge is 0.242 e. The van der Waals surface area contributed by atoms with E-state index in [1.54, 1.807) is 19.9 Å². The van der Waals surface area contributed by atoms with Crippen molar-refractivity contribution < 1.29 is 13.5 Å². The number of hydrogen-bond donors (Lipinski definition) is 2. The number of benzene rings is 1. The average Bonchev–Trinajstić information content (AvgIpc) is 2.35. The molecule has 7 heteroatoms. The molecule has 4 nitrogen and oxygen atoms in total. The summed E-state index contributed by atoms with van der Waals surface area (Å²) in [6.45, 7) is 7.02. The van der Waals surface area contributed by atoms with Crippen LogP contribution in [-0.2, 0) is 10.0 Å². The van der Waals surface area contributed by atoms with Gasteiger partial charge in [-0.2, -0.15) is 0 Å². The number of sulfonamides is 1. The lowest BCUT2D eigenvalue weighted by molar-refractivity contribution is 0.256. The number of halogens is 2. The first-order valence-electron chi connectivity index (χ1n) is 6.70. The first-order chi connectivity index (χ1) is 9.61. The van der Waals surface area contributed by atoms with Gasteiger partial charge in [0.15, 0.2) is 0 Å². The number of rotatable bonds is 6. The topological polar surface area (TPSA) is 66.4 Å². The second kappa shape index (κ2) is 7.29. The van der Waals surface area contributed by atoms with Crippen molar-refractivity contribution in [3.8, 4) is 0 Å². The molecular weight excluding hydrogens is 333 g/mol. The number of aryl methyl sites for hydroxylation is 1. The Balaban J connectivity index is 3.32. The monoisotopic (exact) mass is 353 g/mol. The summed E-state index contributed by atoms with van der Waals surface area (Å²) in [5.74, 6) is 0.0475. The van der Waals surface area contributed by atoms with Crippen molar-refractivity contribution in [1.82, 2.24) is 4.72 Å². The molecule has 2 N–H and O–H groups in total. The number of hydrogen-bond acceptors (Lipinski definition) is 3. The van der Waals surface area contributed by atoms with Gasteiger partial charge in [0, 0.05) is 17.7 Å². The second-order valence-corrected chi connectivity index (χ2v) is 7.86. The second-order valence-electron chi connectivity index (χ2n) is 5.43. The molecule has 1 aromatic rings. The molecule has 0 aliphatic carbocycles. The van der Waals surface area contributed by atoms with E-state index in [0.717, 1.165) is 0 Å². The van der Waals surface area contributed by atoms with Gasteiger partial charge in [0.2, 0.25) is 10.0 Å².